The van der Waals surface area contributed by atoms with Crippen molar-refractivity contribution >= 4 is 17.5 Å². The van der Waals surface area contributed by atoms with Crippen molar-refractivity contribution in [3.8, 4) is 0 Å². The smallest absolute Gasteiger partial charge is 0.268 e. The maximum Gasteiger partial charge on any atom is 0.268 e. The van der Waals surface area contributed by atoms with Crippen LogP contribution in [-0.4, -0.2) is 36.8 Å². The highest BCUT2D eigenvalue weighted by molar-refractivity contribution is 5.93. The number of pyridine rings is 1. The molecule has 0 radical (unpaired) electrons. The van der Waals surface area contributed by atoms with Crippen molar-refractivity contribution in [2.24, 2.45) is 7.05 Å². The van der Waals surface area contributed by atoms with Gasteiger partial charge < -0.3 is 15.2 Å². The van der Waals surface area contributed by atoms with Crippen molar-refractivity contribution in [2.45, 2.75) is 24.9 Å². The van der Waals surface area contributed by atoms with Crippen LogP contribution in [0.15, 0.2) is 43.1 Å². The number of amides is 2. The molecule has 1 fully saturated rings. The third-order valence-corrected chi connectivity index (χ3v) is 4.55. The molecule has 2 N–H and O–H groups in total. The lowest BCUT2D eigenvalue weighted by atomic mass is 9.95. The van der Waals surface area contributed by atoms with Crippen LogP contribution in [0.5, 0.6) is 0 Å². The molecule has 1 saturated heterocycles. The highest BCUT2D eigenvalue weighted by Crippen LogP contribution is 2.24. The molecule has 1 aliphatic heterocycles. The molecule has 4 rings (SSSR count). The van der Waals surface area contributed by atoms with Crippen LogP contribution in [0.4, 0.5) is 0 Å². The van der Waals surface area contributed by atoms with E-state index in [1.165, 1.54) is 0 Å². The second-order valence-corrected chi connectivity index (χ2v) is 6.16. The summed E-state index contributed by atoms with van der Waals surface area (Å²) in [5.41, 5.74) is 2.09. The minimum atomic E-state index is -0.306. The van der Waals surface area contributed by atoms with Gasteiger partial charge in [-0.2, -0.15) is 0 Å². The Bertz CT molecular complexity index is 943. The quantitative estimate of drug-likeness (QED) is 0.739. The van der Waals surface area contributed by atoms with Crippen LogP contribution in [-0.2, 0) is 11.8 Å². The zero-order valence-corrected chi connectivity index (χ0v) is 13.7. The summed E-state index contributed by atoms with van der Waals surface area (Å²) in [5, 5.41) is 6.02. The Morgan fingerprint density at radius 1 is 1.40 bits per heavy atom. The third-order valence-electron chi connectivity index (χ3n) is 4.55. The van der Waals surface area contributed by atoms with Crippen LogP contribution < -0.4 is 10.6 Å². The van der Waals surface area contributed by atoms with E-state index >= 15 is 0 Å². The molecule has 3 aromatic rings. The Morgan fingerprint density at radius 3 is 3.08 bits per heavy atom. The number of nitrogens with one attached hydrogen (secondary N) is 2. The van der Waals surface area contributed by atoms with Crippen LogP contribution >= 0.6 is 0 Å². The maximum absolute atomic E-state index is 12.8. The van der Waals surface area contributed by atoms with E-state index < -0.39 is 0 Å². The summed E-state index contributed by atoms with van der Waals surface area (Å²) in [7, 11) is 1.87. The Labute approximate surface area is 143 Å². The lowest BCUT2D eigenvalue weighted by molar-refractivity contribution is -0.123. The van der Waals surface area contributed by atoms with E-state index in [4.69, 9.17) is 0 Å². The summed E-state index contributed by atoms with van der Waals surface area (Å²) in [4.78, 5) is 33.0. The molecule has 3 aromatic heterocycles. The number of carbonyl (C=O) groups excluding carboxylic acids is 2. The molecule has 2 atom stereocenters. The van der Waals surface area contributed by atoms with Crippen molar-refractivity contribution in [1.82, 2.24) is 29.6 Å². The van der Waals surface area contributed by atoms with E-state index in [1.807, 2.05) is 17.7 Å². The van der Waals surface area contributed by atoms with Gasteiger partial charge in [-0.1, -0.05) is 6.07 Å². The van der Waals surface area contributed by atoms with Gasteiger partial charge in [0.25, 0.3) is 5.91 Å². The minimum Gasteiger partial charge on any atom is -0.346 e. The molecule has 0 aromatic carbocycles. The molecular weight excluding hydrogens is 320 g/mol. The van der Waals surface area contributed by atoms with Crippen molar-refractivity contribution in [3.05, 3.63) is 54.5 Å². The van der Waals surface area contributed by atoms with Gasteiger partial charge >= 0.3 is 0 Å². The number of hydrogen-bond acceptors (Lipinski definition) is 4. The Balaban J connectivity index is 1.61. The fourth-order valence-electron chi connectivity index (χ4n) is 3.28. The molecule has 8 nitrogen and oxygen atoms in total. The van der Waals surface area contributed by atoms with Gasteiger partial charge in [0.05, 0.1) is 30.3 Å². The summed E-state index contributed by atoms with van der Waals surface area (Å²) in [6.07, 6.45) is 7.77. The molecule has 4 heterocycles. The summed E-state index contributed by atoms with van der Waals surface area (Å²) in [5.74, 6) is -0.217. The molecule has 0 saturated carbocycles. The fourth-order valence-corrected chi connectivity index (χ4v) is 3.28. The van der Waals surface area contributed by atoms with Gasteiger partial charge in [-0.25, -0.2) is 9.97 Å². The summed E-state index contributed by atoms with van der Waals surface area (Å²) in [6.45, 7) is 0. The molecule has 1 aliphatic rings. The van der Waals surface area contributed by atoms with Gasteiger partial charge in [0, 0.05) is 25.9 Å². The Morgan fingerprint density at radius 2 is 2.28 bits per heavy atom. The SMILES string of the molecule is Cn1cncc1[C@@H]1NC(=O)CC[C@H]1NC(=O)c1cccc2nccn12. The average molecular weight is 338 g/mol. The number of imidazole rings is 2. The Kier molecular flexibility index (Phi) is 3.72. The first-order valence-corrected chi connectivity index (χ1v) is 8.12. The number of fused-ring (bicyclic) bond motifs is 1. The van der Waals surface area contributed by atoms with E-state index in [0.29, 0.717) is 24.2 Å². The number of aryl methyl sites for hydroxylation is 1. The molecular formula is C17H18N6O2. The van der Waals surface area contributed by atoms with Crippen LogP contribution in [0.3, 0.4) is 0 Å². The number of piperidine rings is 1. The lowest BCUT2D eigenvalue weighted by Crippen LogP contribution is -2.50. The van der Waals surface area contributed by atoms with E-state index in [0.717, 1.165) is 5.69 Å². The number of nitrogens with zero attached hydrogens (tertiary/aromatic N) is 4. The molecule has 0 bridgehead atoms. The predicted molar refractivity (Wildman–Crippen MR) is 89.8 cm³/mol. The fraction of sp³-hybridized carbons (Fsp3) is 0.294. The number of hydrogen-bond donors (Lipinski definition) is 2. The van der Waals surface area contributed by atoms with Gasteiger partial charge in [-0.05, 0) is 18.6 Å². The van der Waals surface area contributed by atoms with Crippen molar-refractivity contribution in [3.63, 3.8) is 0 Å². The van der Waals surface area contributed by atoms with Gasteiger partial charge in [0.2, 0.25) is 5.91 Å². The second-order valence-electron chi connectivity index (χ2n) is 6.16. The monoisotopic (exact) mass is 338 g/mol. The zero-order valence-electron chi connectivity index (χ0n) is 13.7. The molecule has 8 heteroatoms. The average Bonchev–Trinajstić information content (AvgIpc) is 3.24. The standard InChI is InChI=1S/C17H18N6O2/c1-22-10-18-9-13(22)16-11(5-6-15(24)21-16)20-17(25)12-3-2-4-14-19-7-8-23(12)14/h2-4,7-11,16H,5-6H2,1H3,(H,20,25)(H,21,24)/t11-,16-/m1/s1. The molecule has 0 aliphatic carbocycles. The molecule has 0 unspecified atom stereocenters. The van der Waals surface area contributed by atoms with E-state index in [1.54, 1.807) is 41.5 Å². The van der Waals surface area contributed by atoms with Crippen molar-refractivity contribution in [1.29, 1.82) is 0 Å². The Hall–Kier alpha value is -3.16. The number of aromatic nitrogens is 4. The van der Waals surface area contributed by atoms with Crippen molar-refractivity contribution in [2.75, 3.05) is 0 Å². The maximum atomic E-state index is 12.8. The molecule has 0 spiro atoms. The normalized spacial score (nSPS) is 20.4. The molecule has 2 amide bonds. The highest BCUT2D eigenvalue weighted by atomic mass is 16.2. The van der Waals surface area contributed by atoms with Crippen LogP contribution in [0.1, 0.15) is 35.1 Å². The first kappa shape index (κ1) is 15.4. The molecule has 128 valence electrons. The number of rotatable bonds is 3. The van der Waals surface area contributed by atoms with Crippen LogP contribution in [0.25, 0.3) is 5.65 Å². The molecule has 25 heavy (non-hydrogen) atoms. The summed E-state index contributed by atoms with van der Waals surface area (Å²) < 4.78 is 3.60. The number of carbonyl (C=O) groups is 2. The second kappa shape index (κ2) is 6.04. The lowest BCUT2D eigenvalue weighted by Gasteiger charge is -2.33. The highest BCUT2D eigenvalue weighted by Gasteiger charge is 2.33. The zero-order chi connectivity index (χ0) is 17.4. The van der Waals surface area contributed by atoms with Gasteiger partial charge in [-0.15, -0.1) is 0 Å². The van der Waals surface area contributed by atoms with E-state index in [-0.39, 0.29) is 23.9 Å². The first-order valence-electron chi connectivity index (χ1n) is 8.12. The third kappa shape index (κ3) is 2.75. The predicted octanol–water partition coefficient (Wildman–Crippen LogP) is 0.817. The largest absolute Gasteiger partial charge is 0.346 e. The minimum absolute atomic E-state index is 0.0200. The van der Waals surface area contributed by atoms with Gasteiger partial charge in [-0.3, -0.25) is 14.0 Å². The first-order chi connectivity index (χ1) is 12.1. The van der Waals surface area contributed by atoms with Gasteiger partial charge in [0.15, 0.2) is 0 Å². The van der Waals surface area contributed by atoms with Gasteiger partial charge in [0.1, 0.15) is 11.3 Å². The summed E-state index contributed by atoms with van der Waals surface area (Å²) in [6, 6.07) is 4.89. The topological polar surface area (TPSA) is 93.3 Å². The van der Waals surface area contributed by atoms with Crippen molar-refractivity contribution < 1.29 is 9.59 Å². The van der Waals surface area contributed by atoms with Crippen LogP contribution in [0, 0.1) is 0 Å². The van der Waals surface area contributed by atoms with E-state index in [9.17, 15) is 9.59 Å². The summed E-state index contributed by atoms with van der Waals surface area (Å²) >= 11 is 0. The van der Waals surface area contributed by atoms with Crippen LogP contribution in [0.2, 0.25) is 0 Å². The van der Waals surface area contributed by atoms with E-state index in [2.05, 4.69) is 20.6 Å².